The summed E-state index contributed by atoms with van der Waals surface area (Å²) in [7, 11) is 0. The van der Waals surface area contributed by atoms with Gasteiger partial charge in [0.25, 0.3) is 0 Å². The minimum absolute atomic E-state index is 0.148. The third-order valence-corrected chi connectivity index (χ3v) is 4.57. The highest BCUT2D eigenvalue weighted by molar-refractivity contribution is 9.10. The third-order valence-electron chi connectivity index (χ3n) is 3.74. The van der Waals surface area contributed by atoms with Gasteiger partial charge in [0, 0.05) is 22.1 Å². The number of nitrogens with one attached hydrogen (secondary N) is 1. The summed E-state index contributed by atoms with van der Waals surface area (Å²) in [6.45, 7) is 1.59. The maximum Gasteiger partial charge on any atom is 0.0459 e. The van der Waals surface area contributed by atoms with Crippen molar-refractivity contribution < 1.29 is 0 Å². The van der Waals surface area contributed by atoms with Gasteiger partial charge in [0.2, 0.25) is 0 Å². The Morgan fingerprint density at radius 3 is 2.83 bits per heavy atom. The van der Waals surface area contributed by atoms with E-state index in [2.05, 4.69) is 27.3 Å². The smallest absolute Gasteiger partial charge is 0.0459 e. The van der Waals surface area contributed by atoms with Crippen molar-refractivity contribution >= 4 is 27.5 Å². The Bertz CT molecular complexity index is 393. The van der Waals surface area contributed by atoms with Crippen LogP contribution in [-0.2, 0) is 0 Å². The highest BCUT2D eigenvalue weighted by Gasteiger charge is 2.18. The van der Waals surface area contributed by atoms with Crippen LogP contribution in [0.1, 0.15) is 37.3 Å². The summed E-state index contributed by atoms with van der Waals surface area (Å²) in [5.41, 5.74) is 6.94. The summed E-state index contributed by atoms with van der Waals surface area (Å²) >= 11 is 9.71. The van der Waals surface area contributed by atoms with Crippen molar-refractivity contribution in [2.45, 2.75) is 31.7 Å². The van der Waals surface area contributed by atoms with Crippen molar-refractivity contribution in [1.82, 2.24) is 5.32 Å². The zero-order valence-corrected chi connectivity index (χ0v) is 12.8. The molecule has 1 atom stereocenters. The summed E-state index contributed by atoms with van der Waals surface area (Å²) in [5.74, 6) is 0.925. The van der Waals surface area contributed by atoms with Gasteiger partial charge >= 0.3 is 0 Å². The van der Waals surface area contributed by atoms with Crippen molar-refractivity contribution in [2.75, 3.05) is 13.1 Å². The van der Waals surface area contributed by atoms with Crippen LogP contribution in [0.3, 0.4) is 0 Å². The summed E-state index contributed by atoms with van der Waals surface area (Å²) in [6.07, 6.45) is 5.45. The molecular formula is C14H20BrClN2. The Kier molecular flexibility index (Phi) is 5.49. The molecule has 1 saturated carbocycles. The van der Waals surface area contributed by atoms with Crippen LogP contribution in [0.25, 0.3) is 0 Å². The summed E-state index contributed by atoms with van der Waals surface area (Å²) in [4.78, 5) is 0. The van der Waals surface area contributed by atoms with Crippen molar-refractivity contribution in [3.8, 4) is 0 Å². The third kappa shape index (κ3) is 3.70. The van der Waals surface area contributed by atoms with E-state index in [0.29, 0.717) is 6.54 Å². The number of hydrogen-bond donors (Lipinski definition) is 2. The van der Waals surface area contributed by atoms with Crippen LogP contribution in [0.2, 0.25) is 5.02 Å². The lowest BCUT2D eigenvalue weighted by atomic mass is 9.83. The Hall–Kier alpha value is -0.0900. The van der Waals surface area contributed by atoms with Gasteiger partial charge in [0.15, 0.2) is 0 Å². The quantitative estimate of drug-likeness (QED) is 0.830. The molecule has 1 aromatic carbocycles. The van der Waals surface area contributed by atoms with Gasteiger partial charge in [-0.05, 0) is 42.6 Å². The standard InChI is InChI=1S/C14H20BrClN2/c15-11-4-5-13(16)12(8-11)14(9-17)18-7-6-10-2-1-3-10/h4-5,8,10,14,18H,1-3,6-7,9,17H2. The molecule has 0 heterocycles. The van der Waals surface area contributed by atoms with Crippen LogP contribution < -0.4 is 11.1 Å². The van der Waals surface area contributed by atoms with Crippen LogP contribution in [-0.4, -0.2) is 13.1 Å². The predicted molar refractivity (Wildman–Crippen MR) is 80.9 cm³/mol. The molecule has 1 aromatic rings. The van der Waals surface area contributed by atoms with Crippen LogP contribution in [0, 0.1) is 5.92 Å². The Morgan fingerprint density at radius 2 is 2.22 bits per heavy atom. The minimum Gasteiger partial charge on any atom is -0.329 e. The predicted octanol–water partition coefficient (Wildman–Crippen LogP) is 3.88. The number of rotatable bonds is 6. The summed E-state index contributed by atoms with van der Waals surface area (Å²) in [6, 6.07) is 6.07. The Balaban J connectivity index is 1.91. The largest absolute Gasteiger partial charge is 0.329 e. The van der Waals surface area contributed by atoms with E-state index in [-0.39, 0.29) is 6.04 Å². The minimum atomic E-state index is 0.148. The van der Waals surface area contributed by atoms with Gasteiger partial charge < -0.3 is 11.1 Å². The van der Waals surface area contributed by atoms with Crippen LogP contribution >= 0.6 is 27.5 Å². The molecule has 1 aliphatic carbocycles. The maximum atomic E-state index is 6.23. The second-order valence-corrected chi connectivity index (χ2v) is 6.32. The lowest BCUT2D eigenvalue weighted by Gasteiger charge is -2.26. The van der Waals surface area contributed by atoms with Crippen molar-refractivity contribution in [1.29, 1.82) is 0 Å². The second kappa shape index (κ2) is 6.90. The molecule has 2 nitrogen and oxygen atoms in total. The van der Waals surface area contributed by atoms with Gasteiger partial charge in [-0.15, -0.1) is 0 Å². The molecule has 0 radical (unpaired) electrons. The fourth-order valence-electron chi connectivity index (χ4n) is 2.35. The SMILES string of the molecule is NCC(NCCC1CCC1)c1cc(Br)ccc1Cl. The number of hydrogen-bond acceptors (Lipinski definition) is 2. The molecule has 0 saturated heterocycles. The van der Waals surface area contributed by atoms with Gasteiger partial charge in [-0.25, -0.2) is 0 Å². The second-order valence-electron chi connectivity index (χ2n) is 4.99. The van der Waals surface area contributed by atoms with Crippen LogP contribution in [0.4, 0.5) is 0 Å². The van der Waals surface area contributed by atoms with Crippen LogP contribution in [0.15, 0.2) is 22.7 Å². The van der Waals surface area contributed by atoms with Gasteiger partial charge in [-0.1, -0.05) is 46.8 Å². The van der Waals surface area contributed by atoms with E-state index in [1.165, 1.54) is 25.7 Å². The molecule has 0 amide bonds. The topological polar surface area (TPSA) is 38.0 Å². The molecule has 1 unspecified atom stereocenters. The molecule has 0 bridgehead atoms. The van der Waals surface area contributed by atoms with Crippen molar-refractivity contribution in [3.05, 3.63) is 33.3 Å². The molecule has 1 fully saturated rings. The normalized spacial score (nSPS) is 17.5. The molecule has 100 valence electrons. The number of benzene rings is 1. The lowest BCUT2D eigenvalue weighted by molar-refractivity contribution is 0.288. The van der Waals surface area contributed by atoms with E-state index in [0.717, 1.165) is 27.5 Å². The molecular weight excluding hydrogens is 312 g/mol. The van der Waals surface area contributed by atoms with E-state index in [4.69, 9.17) is 17.3 Å². The molecule has 18 heavy (non-hydrogen) atoms. The Morgan fingerprint density at radius 1 is 1.44 bits per heavy atom. The first-order chi connectivity index (χ1) is 8.70. The average molecular weight is 332 g/mol. The van der Waals surface area contributed by atoms with Crippen LogP contribution in [0.5, 0.6) is 0 Å². The number of nitrogens with two attached hydrogens (primary N) is 1. The fourth-order valence-corrected chi connectivity index (χ4v) is 2.97. The molecule has 3 N–H and O–H groups in total. The molecule has 1 aliphatic rings. The molecule has 0 aliphatic heterocycles. The van der Waals surface area contributed by atoms with Crippen molar-refractivity contribution in [3.63, 3.8) is 0 Å². The maximum absolute atomic E-state index is 6.23. The zero-order valence-electron chi connectivity index (χ0n) is 10.5. The molecule has 2 rings (SSSR count). The van der Waals surface area contributed by atoms with E-state index < -0.39 is 0 Å². The first-order valence-electron chi connectivity index (χ1n) is 6.59. The Labute approximate surface area is 122 Å². The summed E-state index contributed by atoms with van der Waals surface area (Å²) in [5, 5.41) is 4.30. The zero-order chi connectivity index (χ0) is 13.0. The van der Waals surface area contributed by atoms with Gasteiger partial charge in [0.05, 0.1) is 0 Å². The fraction of sp³-hybridized carbons (Fsp3) is 0.571. The summed E-state index contributed by atoms with van der Waals surface area (Å²) < 4.78 is 1.04. The van der Waals surface area contributed by atoms with E-state index in [1.807, 2.05) is 12.1 Å². The highest BCUT2D eigenvalue weighted by Crippen LogP contribution is 2.30. The van der Waals surface area contributed by atoms with E-state index in [1.54, 1.807) is 0 Å². The highest BCUT2D eigenvalue weighted by atomic mass is 79.9. The van der Waals surface area contributed by atoms with Gasteiger partial charge in [-0.3, -0.25) is 0 Å². The van der Waals surface area contributed by atoms with Gasteiger partial charge in [-0.2, -0.15) is 0 Å². The first-order valence-corrected chi connectivity index (χ1v) is 7.76. The molecule has 0 spiro atoms. The van der Waals surface area contributed by atoms with E-state index >= 15 is 0 Å². The average Bonchev–Trinajstić information content (AvgIpc) is 2.31. The first kappa shape index (κ1) is 14.3. The molecule has 0 aromatic heterocycles. The van der Waals surface area contributed by atoms with E-state index in [9.17, 15) is 0 Å². The van der Waals surface area contributed by atoms with Gasteiger partial charge in [0.1, 0.15) is 0 Å². The van der Waals surface area contributed by atoms with Crippen molar-refractivity contribution in [2.24, 2.45) is 11.7 Å². The number of halogens is 2. The lowest BCUT2D eigenvalue weighted by Crippen LogP contribution is -2.31. The monoisotopic (exact) mass is 330 g/mol. The molecule has 4 heteroatoms.